The predicted octanol–water partition coefficient (Wildman–Crippen LogP) is 2.57. The molecule has 4 rings (SSSR count). The van der Waals surface area contributed by atoms with Crippen LogP contribution in [0.1, 0.15) is 25.7 Å². The second-order valence-electron chi connectivity index (χ2n) is 7.52. The second kappa shape index (κ2) is 9.05. The van der Waals surface area contributed by atoms with Gasteiger partial charge in [0.2, 0.25) is 5.89 Å². The molecule has 10 heteroatoms. The van der Waals surface area contributed by atoms with Gasteiger partial charge in [0, 0.05) is 44.8 Å². The van der Waals surface area contributed by atoms with Gasteiger partial charge in [-0.1, -0.05) is 31.0 Å². The lowest BCUT2D eigenvalue weighted by molar-refractivity contribution is 0.139. The molecule has 0 N–H and O–H groups in total. The lowest BCUT2D eigenvalue weighted by Crippen LogP contribution is -2.53. The van der Waals surface area contributed by atoms with Crippen LogP contribution in [0.5, 0.6) is 0 Å². The minimum atomic E-state index is -3.37. The molecule has 2 fully saturated rings. The molecule has 1 aromatic carbocycles. The Bertz CT molecular complexity index is 957. The molecule has 2 aliphatic rings. The van der Waals surface area contributed by atoms with Gasteiger partial charge in [-0.05, 0) is 37.2 Å². The molecule has 1 aromatic heterocycles. The Balaban J connectivity index is 1.37. The molecular weight excluding hydrogens is 410 g/mol. The first-order chi connectivity index (χ1) is 14.0. The first-order valence-corrected chi connectivity index (χ1v) is 12.0. The molecule has 8 nitrogen and oxygen atoms in total. The van der Waals surface area contributed by atoms with Crippen LogP contribution in [-0.4, -0.2) is 71.0 Å². The highest BCUT2D eigenvalue weighted by atomic mass is 32.2. The van der Waals surface area contributed by atoms with Gasteiger partial charge in [0.05, 0.1) is 6.67 Å². The molecular formula is C19H27N5O3S2. The average Bonchev–Trinajstić information content (AvgIpc) is 2.94. The molecule has 2 saturated heterocycles. The van der Waals surface area contributed by atoms with Crippen molar-refractivity contribution in [1.29, 1.82) is 0 Å². The summed E-state index contributed by atoms with van der Waals surface area (Å²) in [5.74, 6) is 0.498. The van der Waals surface area contributed by atoms with Crippen molar-refractivity contribution in [2.24, 2.45) is 0 Å². The number of hydrogen-bond donors (Lipinski definition) is 0. The summed E-state index contributed by atoms with van der Waals surface area (Å²) in [5, 5.41) is 4.49. The SMILES string of the molecule is O=S(=O)(N1CCCCCC1)N1CCN(Cn2nc(-c3ccccc3)oc2=S)CC1. The quantitative estimate of drug-likeness (QED) is 0.670. The summed E-state index contributed by atoms with van der Waals surface area (Å²) < 4.78 is 36.5. The third kappa shape index (κ3) is 4.77. The van der Waals surface area contributed by atoms with Gasteiger partial charge in [-0.25, -0.2) is 4.68 Å². The molecule has 158 valence electrons. The van der Waals surface area contributed by atoms with Gasteiger partial charge in [0.15, 0.2) is 0 Å². The highest BCUT2D eigenvalue weighted by Crippen LogP contribution is 2.19. The van der Waals surface area contributed by atoms with Gasteiger partial charge < -0.3 is 4.42 Å². The zero-order chi connectivity index (χ0) is 20.3. The molecule has 3 heterocycles. The van der Waals surface area contributed by atoms with Gasteiger partial charge in [-0.3, -0.25) is 4.90 Å². The molecule has 0 bridgehead atoms. The second-order valence-corrected chi connectivity index (χ2v) is 9.80. The maximum absolute atomic E-state index is 13.0. The van der Waals surface area contributed by atoms with E-state index in [4.69, 9.17) is 16.6 Å². The minimum Gasteiger partial charge on any atom is -0.409 e. The van der Waals surface area contributed by atoms with Crippen LogP contribution in [0.4, 0.5) is 0 Å². The maximum atomic E-state index is 13.0. The van der Waals surface area contributed by atoms with Crippen LogP contribution in [0, 0.1) is 4.84 Å². The third-order valence-electron chi connectivity index (χ3n) is 5.51. The van der Waals surface area contributed by atoms with E-state index in [1.807, 2.05) is 30.3 Å². The number of hydrogen-bond acceptors (Lipinski definition) is 6. The van der Waals surface area contributed by atoms with Gasteiger partial charge in [-0.15, -0.1) is 5.10 Å². The lowest BCUT2D eigenvalue weighted by Gasteiger charge is -2.36. The van der Waals surface area contributed by atoms with Gasteiger partial charge in [0.25, 0.3) is 15.0 Å². The normalized spacial score (nSPS) is 20.6. The molecule has 2 aliphatic heterocycles. The van der Waals surface area contributed by atoms with E-state index in [1.165, 1.54) is 0 Å². The van der Waals surface area contributed by atoms with E-state index < -0.39 is 10.2 Å². The van der Waals surface area contributed by atoms with Crippen LogP contribution in [0.25, 0.3) is 11.5 Å². The van der Waals surface area contributed by atoms with Gasteiger partial charge in [0.1, 0.15) is 0 Å². The Labute approximate surface area is 176 Å². The molecule has 0 radical (unpaired) electrons. The fraction of sp³-hybridized carbons (Fsp3) is 0.579. The Kier molecular flexibility index (Phi) is 6.45. The predicted molar refractivity (Wildman–Crippen MR) is 113 cm³/mol. The van der Waals surface area contributed by atoms with E-state index in [1.54, 1.807) is 13.3 Å². The van der Waals surface area contributed by atoms with Crippen LogP contribution in [0.15, 0.2) is 34.7 Å². The highest BCUT2D eigenvalue weighted by molar-refractivity contribution is 7.86. The number of benzene rings is 1. The van der Waals surface area contributed by atoms with Crippen LogP contribution in [-0.2, 0) is 16.9 Å². The zero-order valence-corrected chi connectivity index (χ0v) is 18.1. The monoisotopic (exact) mass is 437 g/mol. The summed E-state index contributed by atoms with van der Waals surface area (Å²) in [4.78, 5) is 2.48. The maximum Gasteiger partial charge on any atom is 0.288 e. The molecule has 0 spiro atoms. The van der Waals surface area contributed by atoms with Crippen molar-refractivity contribution in [2.45, 2.75) is 32.4 Å². The molecule has 0 aliphatic carbocycles. The Morgan fingerprint density at radius 1 is 0.897 bits per heavy atom. The van der Waals surface area contributed by atoms with E-state index in [2.05, 4.69) is 10.00 Å². The van der Waals surface area contributed by atoms with E-state index in [-0.39, 0.29) is 0 Å². The largest absolute Gasteiger partial charge is 0.409 e. The summed E-state index contributed by atoms with van der Waals surface area (Å²) >= 11 is 5.32. The third-order valence-corrected chi connectivity index (χ3v) is 7.84. The van der Waals surface area contributed by atoms with Crippen LogP contribution in [0.2, 0.25) is 0 Å². The average molecular weight is 438 g/mol. The van der Waals surface area contributed by atoms with E-state index in [9.17, 15) is 8.42 Å². The Morgan fingerprint density at radius 3 is 2.17 bits per heavy atom. The van der Waals surface area contributed by atoms with E-state index >= 15 is 0 Å². The van der Waals surface area contributed by atoms with E-state index in [0.29, 0.717) is 56.7 Å². The first-order valence-electron chi connectivity index (χ1n) is 10.1. The molecule has 2 aromatic rings. The van der Waals surface area contributed by atoms with E-state index in [0.717, 1.165) is 31.2 Å². The minimum absolute atomic E-state index is 0.323. The van der Waals surface area contributed by atoms with Crippen molar-refractivity contribution in [3.8, 4) is 11.5 Å². The van der Waals surface area contributed by atoms with Crippen LogP contribution >= 0.6 is 12.2 Å². The summed E-state index contributed by atoms with van der Waals surface area (Å²) in [6.45, 7) is 4.01. The number of nitrogens with zero attached hydrogens (tertiary/aromatic N) is 5. The number of aromatic nitrogens is 2. The number of rotatable bonds is 5. The van der Waals surface area contributed by atoms with Crippen molar-refractivity contribution < 1.29 is 12.8 Å². The fourth-order valence-electron chi connectivity index (χ4n) is 3.82. The standard InChI is InChI=1S/C19H27N5O3S2/c25-29(26,22-10-6-1-2-7-11-22)23-14-12-21(13-15-23)16-24-19(28)27-18(20-24)17-8-4-3-5-9-17/h3-5,8-9H,1-2,6-7,10-16H2. The van der Waals surface area contributed by atoms with Crippen molar-refractivity contribution in [2.75, 3.05) is 39.3 Å². The first kappa shape index (κ1) is 20.7. The highest BCUT2D eigenvalue weighted by Gasteiger charge is 2.32. The molecule has 0 saturated carbocycles. The Hall–Kier alpha value is -1.59. The van der Waals surface area contributed by atoms with Crippen molar-refractivity contribution in [3.05, 3.63) is 35.2 Å². The lowest BCUT2D eigenvalue weighted by atomic mass is 10.2. The van der Waals surface area contributed by atoms with Gasteiger partial charge in [-0.2, -0.15) is 17.0 Å². The van der Waals surface area contributed by atoms with Crippen molar-refractivity contribution in [1.82, 2.24) is 23.3 Å². The summed E-state index contributed by atoms with van der Waals surface area (Å²) in [7, 11) is -3.37. The van der Waals surface area contributed by atoms with Crippen LogP contribution < -0.4 is 0 Å². The van der Waals surface area contributed by atoms with Crippen molar-refractivity contribution >= 4 is 22.4 Å². The molecule has 0 unspecified atom stereocenters. The molecule has 29 heavy (non-hydrogen) atoms. The molecule has 0 atom stereocenters. The fourth-order valence-corrected chi connectivity index (χ4v) is 5.67. The van der Waals surface area contributed by atoms with Crippen LogP contribution in [0.3, 0.4) is 0 Å². The van der Waals surface area contributed by atoms with Gasteiger partial charge >= 0.3 is 0 Å². The number of piperazine rings is 1. The zero-order valence-electron chi connectivity index (χ0n) is 16.4. The topological polar surface area (TPSA) is 74.8 Å². The summed E-state index contributed by atoms with van der Waals surface area (Å²) in [6, 6.07) is 9.65. The smallest absolute Gasteiger partial charge is 0.288 e. The van der Waals surface area contributed by atoms with Crippen molar-refractivity contribution in [3.63, 3.8) is 0 Å². The Morgan fingerprint density at radius 2 is 1.52 bits per heavy atom. The summed E-state index contributed by atoms with van der Waals surface area (Å²) in [5.41, 5.74) is 0.880. The summed E-state index contributed by atoms with van der Waals surface area (Å²) in [6.07, 6.45) is 4.13. The molecule has 0 amide bonds.